The largest absolute Gasteiger partial charge is 0.496 e. The van der Waals surface area contributed by atoms with E-state index in [9.17, 15) is 9.59 Å². The lowest BCUT2D eigenvalue weighted by molar-refractivity contribution is -0.122. The molecule has 7 heteroatoms. The minimum absolute atomic E-state index is 0.0288. The Morgan fingerprint density at radius 1 is 1.03 bits per heavy atom. The highest BCUT2D eigenvalue weighted by atomic mass is 35.5. The zero-order valence-corrected chi connectivity index (χ0v) is 18.1. The molecule has 1 aliphatic rings. The first-order valence-corrected chi connectivity index (χ1v) is 10.4. The lowest BCUT2D eigenvalue weighted by Gasteiger charge is -2.33. The number of rotatable bonds is 7. The zero-order chi connectivity index (χ0) is 21.5. The first-order chi connectivity index (χ1) is 14.5. The molecule has 0 atom stereocenters. The van der Waals surface area contributed by atoms with E-state index in [2.05, 4.69) is 5.32 Å². The molecule has 0 unspecified atom stereocenters. The summed E-state index contributed by atoms with van der Waals surface area (Å²) in [5.74, 6) is 0.909. The number of hydrogen-bond acceptors (Lipinski definition) is 4. The summed E-state index contributed by atoms with van der Waals surface area (Å²) >= 11 is 5.89. The van der Waals surface area contributed by atoms with Crippen molar-refractivity contribution in [1.82, 2.24) is 10.2 Å². The van der Waals surface area contributed by atoms with E-state index < -0.39 is 0 Å². The summed E-state index contributed by atoms with van der Waals surface area (Å²) in [6, 6.07) is 12.9. The van der Waals surface area contributed by atoms with Gasteiger partial charge in [0, 0.05) is 30.6 Å². The van der Waals surface area contributed by atoms with E-state index in [0.29, 0.717) is 48.0 Å². The number of carbonyl (C=O) groups excluding carboxylic acids is 2. The lowest BCUT2D eigenvalue weighted by Crippen LogP contribution is -2.46. The van der Waals surface area contributed by atoms with Gasteiger partial charge in [-0.3, -0.25) is 9.59 Å². The van der Waals surface area contributed by atoms with E-state index in [-0.39, 0.29) is 17.9 Å². The van der Waals surface area contributed by atoms with Crippen LogP contribution in [0.25, 0.3) is 0 Å². The molecule has 0 aromatic heterocycles. The van der Waals surface area contributed by atoms with Crippen LogP contribution in [0.5, 0.6) is 11.5 Å². The van der Waals surface area contributed by atoms with Crippen LogP contribution in [0.2, 0.25) is 5.02 Å². The molecule has 0 radical (unpaired) electrons. The second-order valence-electron chi connectivity index (χ2n) is 7.30. The van der Waals surface area contributed by atoms with Crippen molar-refractivity contribution < 1.29 is 19.1 Å². The Bertz CT molecular complexity index is 855. The second-order valence-corrected chi connectivity index (χ2v) is 7.73. The Kier molecular flexibility index (Phi) is 7.57. The molecular formula is C23H27ClN2O4. The van der Waals surface area contributed by atoms with Crippen LogP contribution in [0.4, 0.5) is 0 Å². The molecule has 3 rings (SSSR count). The normalized spacial score (nSPS) is 14.3. The molecule has 160 valence electrons. The van der Waals surface area contributed by atoms with Gasteiger partial charge >= 0.3 is 0 Å². The Morgan fingerprint density at radius 3 is 2.20 bits per heavy atom. The van der Waals surface area contributed by atoms with Gasteiger partial charge in [-0.1, -0.05) is 29.8 Å². The number of benzene rings is 2. The Hall–Kier alpha value is -2.73. The predicted molar refractivity (Wildman–Crippen MR) is 116 cm³/mol. The average molecular weight is 431 g/mol. The van der Waals surface area contributed by atoms with Gasteiger partial charge in [-0.2, -0.15) is 0 Å². The first-order valence-electron chi connectivity index (χ1n) is 10.1. The van der Waals surface area contributed by atoms with Crippen molar-refractivity contribution >= 4 is 23.4 Å². The van der Waals surface area contributed by atoms with Gasteiger partial charge in [0.25, 0.3) is 5.91 Å². The minimum Gasteiger partial charge on any atom is -0.496 e. The van der Waals surface area contributed by atoms with Crippen LogP contribution in [-0.4, -0.2) is 50.1 Å². The highest BCUT2D eigenvalue weighted by molar-refractivity contribution is 6.30. The monoisotopic (exact) mass is 430 g/mol. The van der Waals surface area contributed by atoms with Gasteiger partial charge < -0.3 is 19.7 Å². The van der Waals surface area contributed by atoms with E-state index >= 15 is 0 Å². The molecule has 0 bridgehead atoms. The fourth-order valence-electron chi connectivity index (χ4n) is 3.66. The Labute approximate surface area is 182 Å². The van der Waals surface area contributed by atoms with Gasteiger partial charge in [-0.25, -0.2) is 0 Å². The van der Waals surface area contributed by atoms with Crippen LogP contribution in [0.15, 0.2) is 42.5 Å². The summed E-state index contributed by atoms with van der Waals surface area (Å²) in [7, 11) is 3.08. The number of carbonyl (C=O) groups is 2. The molecule has 1 N–H and O–H groups in total. The molecule has 0 spiro atoms. The van der Waals surface area contributed by atoms with Crippen molar-refractivity contribution in [3.8, 4) is 11.5 Å². The summed E-state index contributed by atoms with van der Waals surface area (Å²) in [6.45, 7) is 1.14. The number of hydrogen-bond donors (Lipinski definition) is 1. The highest BCUT2D eigenvalue weighted by Crippen LogP contribution is 2.30. The zero-order valence-electron chi connectivity index (χ0n) is 17.3. The summed E-state index contributed by atoms with van der Waals surface area (Å²) < 4.78 is 10.7. The van der Waals surface area contributed by atoms with E-state index in [1.54, 1.807) is 23.1 Å². The van der Waals surface area contributed by atoms with Crippen LogP contribution in [0.1, 0.15) is 35.2 Å². The summed E-state index contributed by atoms with van der Waals surface area (Å²) in [4.78, 5) is 27.1. The number of ether oxygens (including phenoxy) is 2. The van der Waals surface area contributed by atoms with Gasteiger partial charge in [0.1, 0.15) is 17.1 Å². The molecule has 0 aliphatic carbocycles. The molecule has 6 nitrogen and oxygen atoms in total. The van der Waals surface area contributed by atoms with E-state index in [1.165, 1.54) is 14.2 Å². The van der Waals surface area contributed by atoms with Crippen molar-refractivity contribution in [2.75, 3.05) is 27.3 Å². The fraction of sp³-hybridized carbons (Fsp3) is 0.391. The minimum atomic E-state index is -0.114. The fourth-order valence-corrected chi connectivity index (χ4v) is 3.78. The Balaban J connectivity index is 1.50. The van der Waals surface area contributed by atoms with Crippen molar-refractivity contribution in [2.24, 2.45) is 0 Å². The van der Waals surface area contributed by atoms with Crippen molar-refractivity contribution in [2.45, 2.75) is 31.7 Å². The molecule has 30 heavy (non-hydrogen) atoms. The maximum atomic E-state index is 13.0. The van der Waals surface area contributed by atoms with Crippen molar-refractivity contribution in [3.63, 3.8) is 0 Å². The average Bonchev–Trinajstić information content (AvgIpc) is 2.78. The summed E-state index contributed by atoms with van der Waals surface area (Å²) in [6.07, 6.45) is 2.54. The summed E-state index contributed by atoms with van der Waals surface area (Å²) in [5.41, 5.74) is 1.52. The van der Waals surface area contributed by atoms with E-state index in [0.717, 1.165) is 18.4 Å². The number of amides is 2. The third-order valence-electron chi connectivity index (χ3n) is 5.34. The highest BCUT2D eigenvalue weighted by Gasteiger charge is 2.28. The molecule has 1 heterocycles. The first kappa shape index (κ1) is 22.0. The van der Waals surface area contributed by atoms with Crippen LogP contribution in [0.3, 0.4) is 0 Å². The van der Waals surface area contributed by atoms with Gasteiger partial charge in [-0.15, -0.1) is 0 Å². The number of halogens is 1. The van der Waals surface area contributed by atoms with Gasteiger partial charge in [-0.05, 0) is 49.1 Å². The lowest BCUT2D eigenvalue weighted by atomic mass is 10.0. The molecule has 1 aliphatic heterocycles. The van der Waals surface area contributed by atoms with Crippen LogP contribution < -0.4 is 14.8 Å². The van der Waals surface area contributed by atoms with Gasteiger partial charge in [0.2, 0.25) is 5.91 Å². The van der Waals surface area contributed by atoms with E-state index in [4.69, 9.17) is 21.1 Å². The van der Waals surface area contributed by atoms with Crippen LogP contribution in [-0.2, 0) is 11.2 Å². The second kappa shape index (κ2) is 10.3. The maximum Gasteiger partial charge on any atom is 0.261 e. The molecule has 1 saturated heterocycles. The third-order valence-corrected chi connectivity index (χ3v) is 5.59. The third kappa shape index (κ3) is 5.45. The number of piperidine rings is 1. The molecule has 1 fully saturated rings. The quantitative estimate of drug-likeness (QED) is 0.727. The standard InChI is InChI=1S/C23H27ClN2O4/c1-29-19-4-3-5-20(30-2)22(19)23(28)26-14-12-18(13-15-26)25-21(27)11-8-16-6-9-17(24)10-7-16/h3-7,9-10,18H,8,11-15H2,1-2H3,(H,25,27). The number of methoxy groups -OCH3 is 2. The van der Waals surface area contributed by atoms with Crippen LogP contribution in [0, 0.1) is 0 Å². The number of nitrogens with one attached hydrogen (secondary N) is 1. The summed E-state index contributed by atoms with van der Waals surface area (Å²) in [5, 5.41) is 3.78. The van der Waals surface area contributed by atoms with Gasteiger partial charge in [0.15, 0.2) is 0 Å². The van der Waals surface area contributed by atoms with Crippen molar-refractivity contribution in [1.29, 1.82) is 0 Å². The smallest absolute Gasteiger partial charge is 0.261 e. The predicted octanol–water partition coefficient (Wildman–Crippen LogP) is 3.71. The SMILES string of the molecule is COc1cccc(OC)c1C(=O)N1CCC(NC(=O)CCc2ccc(Cl)cc2)CC1. The molecular weight excluding hydrogens is 404 g/mol. The Morgan fingerprint density at radius 2 is 1.63 bits per heavy atom. The topological polar surface area (TPSA) is 67.9 Å². The van der Waals surface area contributed by atoms with Gasteiger partial charge in [0.05, 0.1) is 14.2 Å². The molecule has 0 saturated carbocycles. The molecule has 2 amide bonds. The number of nitrogens with zero attached hydrogens (tertiary/aromatic N) is 1. The van der Waals surface area contributed by atoms with Crippen LogP contribution >= 0.6 is 11.6 Å². The van der Waals surface area contributed by atoms with Crippen molar-refractivity contribution in [3.05, 3.63) is 58.6 Å². The number of aryl methyl sites for hydroxylation is 1. The molecule has 2 aromatic carbocycles. The van der Waals surface area contributed by atoms with E-state index in [1.807, 2.05) is 24.3 Å². The maximum absolute atomic E-state index is 13.0. The number of likely N-dealkylation sites (tertiary alicyclic amines) is 1. The molecule has 2 aromatic rings.